The van der Waals surface area contributed by atoms with E-state index in [-0.39, 0.29) is 5.91 Å². The van der Waals surface area contributed by atoms with Crippen molar-refractivity contribution in [1.29, 1.82) is 0 Å². The highest BCUT2D eigenvalue weighted by atomic mass is 35.5. The number of hydrogen-bond acceptors (Lipinski definition) is 2. The summed E-state index contributed by atoms with van der Waals surface area (Å²) in [6, 6.07) is 5.90. The van der Waals surface area contributed by atoms with Crippen LogP contribution in [0.5, 0.6) is 0 Å². The summed E-state index contributed by atoms with van der Waals surface area (Å²) >= 11 is 5.48. The van der Waals surface area contributed by atoms with Gasteiger partial charge in [-0.25, -0.2) is 4.98 Å². The molecule has 0 fully saturated rings. The number of nitrogens with one attached hydrogen (secondary N) is 2. The smallest absolute Gasteiger partial charge is 0.221 e. The summed E-state index contributed by atoms with van der Waals surface area (Å²) in [6.07, 6.45) is 0.354. The van der Waals surface area contributed by atoms with E-state index in [2.05, 4.69) is 15.3 Å². The first kappa shape index (κ1) is 11.9. The third-order valence-electron chi connectivity index (χ3n) is 2.48. The van der Waals surface area contributed by atoms with E-state index in [1.807, 2.05) is 25.1 Å². The Morgan fingerprint density at radius 3 is 3.12 bits per heavy atom. The lowest BCUT2D eigenvalue weighted by Crippen LogP contribution is -2.22. The second-order valence-electron chi connectivity index (χ2n) is 3.89. The van der Waals surface area contributed by atoms with Gasteiger partial charge in [0.1, 0.15) is 5.82 Å². The van der Waals surface area contributed by atoms with Gasteiger partial charge in [-0.05, 0) is 24.6 Å². The fraction of sp³-hybridized carbons (Fsp3) is 0.333. The summed E-state index contributed by atoms with van der Waals surface area (Å²) < 4.78 is 0. The van der Waals surface area contributed by atoms with E-state index < -0.39 is 0 Å². The van der Waals surface area contributed by atoms with Crippen LogP contribution in [0.4, 0.5) is 0 Å². The highest BCUT2D eigenvalue weighted by molar-refractivity contribution is 6.18. The van der Waals surface area contributed by atoms with Crippen molar-refractivity contribution in [2.75, 3.05) is 5.88 Å². The minimum Gasteiger partial charge on any atom is -0.352 e. The second kappa shape index (κ2) is 5.19. The van der Waals surface area contributed by atoms with Crippen LogP contribution < -0.4 is 5.32 Å². The average molecular weight is 252 g/mol. The van der Waals surface area contributed by atoms with Crippen LogP contribution >= 0.6 is 11.6 Å². The van der Waals surface area contributed by atoms with Gasteiger partial charge in [0, 0.05) is 18.8 Å². The van der Waals surface area contributed by atoms with Gasteiger partial charge in [0.2, 0.25) is 5.91 Å². The number of aromatic amines is 1. The van der Waals surface area contributed by atoms with Crippen molar-refractivity contribution in [3.63, 3.8) is 0 Å². The zero-order valence-electron chi connectivity index (χ0n) is 9.59. The Morgan fingerprint density at radius 1 is 1.53 bits per heavy atom. The van der Waals surface area contributed by atoms with Crippen molar-refractivity contribution in [2.24, 2.45) is 0 Å². The molecule has 0 radical (unpaired) electrons. The number of imidazole rings is 1. The second-order valence-corrected chi connectivity index (χ2v) is 4.27. The number of hydrogen-bond donors (Lipinski definition) is 2. The van der Waals surface area contributed by atoms with E-state index in [4.69, 9.17) is 11.6 Å². The predicted octanol–water partition coefficient (Wildman–Crippen LogP) is 2.12. The number of alkyl halides is 1. The van der Waals surface area contributed by atoms with Crippen LogP contribution in [0, 0.1) is 6.92 Å². The maximum Gasteiger partial charge on any atom is 0.221 e. The van der Waals surface area contributed by atoms with Gasteiger partial charge in [-0.3, -0.25) is 4.79 Å². The van der Waals surface area contributed by atoms with Gasteiger partial charge in [0.05, 0.1) is 11.0 Å². The largest absolute Gasteiger partial charge is 0.352 e. The molecule has 1 aromatic heterocycles. The molecule has 90 valence electrons. The minimum absolute atomic E-state index is 0.0270. The van der Waals surface area contributed by atoms with Gasteiger partial charge in [0.15, 0.2) is 0 Å². The summed E-state index contributed by atoms with van der Waals surface area (Å²) in [5.41, 5.74) is 2.98. The number of carbonyl (C=O) groups is 1. The topological polar surface area (TPSA) is 57.8 Å². The molecule has 1 heterocycles. The van der Waals surface area contributed by atoms with E-state index in [0.717, 1.165) is 22.4 Å². The Morgan fingerprint density at radius 2 is 2.35 bits per heavy atom. The molecule has 0 unspecified atom stereocenters. The van der Waals surface area contributed by atoms with Crippen molar-refractivity contribution < 1.29 is 4.79 Å². The Bertz CT molecular complexity index is 536. The number of benzene rings is 1. The van der Waals surface area contributed by atoms with Crippen molar-refractivity contribution in [1.82, 2.24) is 15.3 Å². The molecule has 17 heavy (non-hydrogen) atoms. The van der Waals surface area contributed by atoms with Crippen molar-refractivity contribution in [3.8, 4) is 0 Å². The fourth-order valence-electron chi connectivity index (χ4n) is 1.67. The molecule has 2 rings (SSSR count). The van der Waals surface area contributed by atoms with Crippen LogP contribution in [0.1, 0.15) is 17.8 Å². The molecule has 0 saturated heterocycles. The van der Waals surface area contributed by atoms with Crippen LogP contribution in [-0.2, 0) is 11.3 Å². The van der Waals surface area contributed by atoms with Gasteiger partial charge in [-0.15, -0.1) is 11.6 Å². The molecule has 0 aliphatic rings. The quantitative estimate of drug-likeness (QED) is 0.818. The molecule has 0 atom stereocenters. The average Bonchev–Trinajstić information content (AvgIpc) is 2.66. The number of aryl methyl sites for hydroxylation is 1. The van der Waals surface area contributed by atoms with E-state index in [1.54, 1.807) is 0 Å². The van der Waals surface area contributed by atoms with Gasteiger partial charge >= 0.3 is 0 Å². The SMILES string of the molecule is Cc1nc2ccc(CNC(=O)CCCl)cc2[nH]1. The number of H-pyrrole nitrogens is 1. The molecule has 5 heteroatoms. The molecule has 1 aromatic carbocycles. The van der Waals surface area contributed by atoms with Gasteiger partial charge in [0.25, 0.3) is 0 Å². The Balaban J connectivity index is 2.06. The number of carbonyl (C=O) groups excluding carboxylic acids is 1. The summed E-state index contributed by atoms with van der Waals surface area (Å²) in [4.78, 5) is 18.8. The Kier molecular flexibility index (Phi) is 3.64. The molecule has 2 aromatic rings. The number of nitrogens with zero attached hydrogens (tertiary/aromatic N) is 1. The summed E-state index contributed by atoms with van der Waals surface area (Å²) in [6.45, 7) is 2.44. The van der Waals surface area contributed by atoms with E-state index in [9.17, 15) is 4.79 Å². The molecule has 0 saturated carbocycles. The maximum atomic E-state index is 11.3. The monoisotopic (exact) mass is 251 g/mol. The molecule has 2 N–H and O–H groups in total. The Labute approximate surface area is 104 Å². The zero-order valence-corrected chi connectivity index (χ0v) is 10.3. The molecule has 0 spiro atoms. The minimum atomic E-state index is -0.0270. The summed E-state index contributed by atoms with van der Waals surface area (Å²) in [7, 11) is 0. The number of aromatic nitrogens is 2. The van der Waals surface area contributed by atoms with Crippen LogP contribution in [0.2, 0.25) is 0 Å². The Hall–Kier alpha value is -1.55. The lowest BCUT2D eigenvalue weighted by molar-refractivity contribution is -0.120. The third-order valence-corrected chi connectivity index (χ3v) is 2.66. The lowest BCUT2D eigenvalue weighted by atomic mass is 10.2. The summed E-state index contributed by atoms with van der Waals surface area (Å²) in [5, 5.41) is 2.81. The van der Waals surface area contributed by atoms with E-state index >= 15 is 0 Å². The zero-order chi connectivity index (χ0) is 12.3. The summed E-state index contributed by atoms with van der Waals surface area (Å²) in [5.74, 6) is 1.22. The normalized spacial score (nSPS) is 10.7. The molecule has 1 amide bonds. The maximum absolute atomic E-state index is 11.3. The van der Waals surface area contributed by atoms with Crippen molar-refractivity contribution in [2.45, 2.75) is 19.9 Å². The first-order chi connectivity index (χ1) is 8.19. The predicted molar refractivity (Wildman–Crippen MR) is 68.0 cm³/mol. The molecular formula is C12H14ClN3O. The van der Waals surface area contributed by atoms with E-state index in [0.29, 0.717) is 18.8 Å². The number of fused-ring (bicyclic) bond motifs is 1. The van der Waals surface area contributed by atoms with Crippen molar-refractivity contribution >= 4 is 28.5 Å². The van der Waals surface area contributed by atoms with Crippen LogP contribution in [0.3, 0.4) is 0 Å². The number of halogens is 1. The molecule has 0 bridgehead atoms. The first-order valence-electron chi connectivity index (χ1n) is 5.47. The van der Waals surface area contributed by atoms with Gasteiger partial charge < -0.3 is 10.3 Å². The van der Waals surface area contributed by atoms with Crippen LogP contribution in [-0.4, -0.2) is 21.8 Å². The standard InChI is InChI=1S/C12H14ClN3O/c1-8-15-10-3-2-9(6-11(10)16-8)7-14-12(17)4-5-13/h2-3,6H,4-5,7H2,1H3,(H,14,17)(H,15,16). The van der Waals surface area contributed by atoms with E-state index in [1.165, 1.54) is 0 Å². The molecule has 0 aliphatic carbocycles. The lowest BCUT2D eigenvalue weighted by Gasteiger charge is -2.03. The number of rotatable bonds is 4. The van der Waals surface area contributed by atoms with Gasteiger partial charge in [-0.1, -0.05) is 6.07 Å². The highest BCUT2D eigenvalue weighted by Crippen LogP contribution is 2.13. The van der Waals surface area contributed by atoms with Crippen LogP contribution in [0.25, 0.3) is 11.0 Å². The third kappa shape index (κ3) is 2.97. The first-order valence-corrected chi connectivity index (χ1v) is 6.00. The van der Waals surface area contributed by atoms with Crippen molar-refractivity contribution in [3.05, 3.63) is 29.6 Å². The molecular weight excluding hydrogens is 238 g/mol. The molecule has 4 nitrogen and oxygen atoms in total. The highest BCUT2D eigenvalue weighted by Gasteiger charge is 2.03. The fourth-order valence-corrected chi connectivity index (χ4v) is 1.84. The van der Waals surface area contributed by atoms with Gasteiger partial charge in [-0.2, -0.15) is 0 Å². The van der Waals surface area contributed by atoms with Crippen LogP contribution in [0.15, 0.2) is 18.2 Å². The molecule has 0 aliphatic heterocycles. The number of amides is 1.